The van der Waals surface area contributed by atoms with Gasteiger partial charge in [0.2, 0.25) is 0 Å². The van der Waals surface area contributed by atoms with Crippen molar-refractivity contribution in [3.63, 3.8) is 0 Å². The number of anilines is 1. The highest BCUT2D eigenvalue weighted by Gasteiger charge is 2.36. The van der Waals surface area contributed by atoms with E-state index in [9.17, 15) is 18.0 Å². The number of aldehydes is 1. The van der Waals surface area contributed by atoms with Gasteiger partial charge in [0.15, 0.2) is 5.69 Å². The predicted octanol–water partition coefficient (Wildman–Crippen LogP) is 1.73. The van der Waals surface area contributed by atoms with Crippen molar-refractivity contribution in [2.45, 2.75) is 12.2 Å². The van der Waals surface area contributed by atoms with Gasteiger partial charge in [0.25, 0.3) is 0 Å². The number of hydrogen-bond donors (Lipinski definition) is 1. The molecule has 1 N–H and O–H groups in total. The zero-order chi connectivity index (χ0) is 14.0. The molecule has 0 spiro atoms. The summed E-state index contributed by atoms with van der Waals surface area (Å²) in [5, 5.41) is 2.54. The summed E-state index contributed by atoms with van der Waals surface area (Å²) in [6.45, 7) is 1.38. The van der Waals surface area contributed by atoms with Crippen LogP contribution in [0.3, 0.4) is 0 Å². The maximum absolute atomic E-state index is 12.7. The van der Waals surface area contributed by atoms with Gasteiger partial charge < -0.3 is 15.0 Å². The van der Waals surface area contributed by atoms with Crippen molar-refractivity contribution in [2.24, 2.45) is 0 Å². The summed E-state index contributed by atoms with van der Waals surface area (Å²) >= 11 is 5.51. The Bertz CT molecular complexity index is 481. The zero-order valence-corrected chi connectivity index (χ0v) is 10.5. The number of carbonyl (C=O) groups is 1. The molecule has 1 aromatic heterocycles. The van der Waals surface area contributed by atoms with Gasteiger partial charge in [0.1, 0.15) is 12.1 Å². The van der Waals surface area contributed by atoms with Crippen LogP contribution in [0.5, 0.6) is 0 Å². The smallest absolute Gasteiger partial charge is 0.344 e. The third-order valence-corrected chi connectivity index (χ3v) is 3.14. The Morgan fingerprint density at radius 2 is 2.21 bits per heavy atom. The van der Waals surface area contributed by atoms with E-state index in [0.717, 1.165) is 6.07 Å². The zero-order valence-electron chi connectivity index (χ0n) is 9.75. The second-order valence-corrected chi connectivity index (χ2v) is 4.51. The van der Waals surface area contributed by atoms with Crippen molar-refractivity contribution in [3.8, 4) is 0 Å². The van der Waals surface area contributed by atoms with Crippen molar-refractivity contribution in [3.05, 3.63) is 22.8 Å². The summed E-state index contributed by atoms with van der Waals surface area (Å²) in [6, 6.07) is 2.01. The molecular weight excluding hydrogens is 283 g/mol. The summed E-state index contributed by atoms with van der Waals surface area (Å²) in [5.74, 6) is 0.107. The van der Waals surface area contributed by atoms with E-state index in [1.165, 1.54) is 11.0 Å². The molecular formula is C11H11ClF3N3O. The van der Waals surface area contributed by atoms with Gasteiger partial charge in [-0.15, -0.1) is 0 Å². The lowest BCUT2D eigenvalue weighted by molar-refractivity contribution is -0.141. The molecule has 0 radical (unpaired) electrons. The molecule has 1 atom stereocenters. The minimum Gasteiger partial charge on any atom is -0.344 e. The van der Waals surface area contributed by atoms with Crippen LogP contribution in [-0.4, -0.2) is 36.9 Å². The lowest BCUT2D eigenvalue weighted by atomic mass is 10.2. The van der Waals surface area contributed by atoms with Gasteiger partial charge in [-0.25, -0.2) is 4.98 Å². The van der Waals surface area contributed by atoms with Crippen LogP contribution in [0.1, 0.15) is 5.69 Å². The van der Waals surface area contributed by atoms with Crippen molar-refractivity contribution < 1.29 is 18.0 Å². The van der Waals surface area contributed by atoms with Crippen LogP contribution in [0.25, 0.3) is 0 Å². The van der Waals surface area contributed by atoms with Gasteiger partial charge in [-0.1, -0.05) is 11.6 Å². The van der Waals surface area contributed by atoms with E-state index >= 15 is 0 Å². The normalized spacial score (nSPS) is 20.4. The fourth-order valence-corrected chi connectivity index (χ4v) is 2.13. The van der Waals surface area contributed by atoms with Crippen molar-refractivity contribution in [2.75, 3.05) is 24.5 Å². The average Bonchev–Trinajstić information content (AvgIpc) is 2.38. The molecule has 104 valence electrons. The first-order valence-electron chi connectivity index (χ1n) is 5.60. The standard InChI is InChI=1S/C11H11ClF3N3O/c12-8-1-2-9(17-10(8)11(13,14)15)18-4-3-16-5-7(18)6-19/h1-2,6-7,16H,3-5H2. The number of alkyl halides is 3. The van der Waals surface area contributed by atoms with Crippen molar-refractivity contribution in [1.82, 2.24) is 10.3 Å². The van der Waals surface area contributed by atoms with E-state index in [4.69, 9.17) is 11.6 Å². The van der Waals surface area contributed by atoms with Crippen LogP contribution in [0, 0.1) is 0 Å². The van der Waals surface area contributed by atoms with Crippen LogP contribution in [0.15, 0.2) is 12.1 Å². The third kappa shape index (κ3) is 2.98. The fourth-order valence-electron chi connectivity index (χ4n) is 1.92. The number of hydrogen-bond acceptors (Lipinski definition) is 4. The summed E-state index contributed by atoms with van der Waals surface area (Å²) in [6.07, 6.45) is -3.92. The first-order valence-corrected chi connectivity index (χ1v) is 5.97. The lowest BCUT2D eigenvalue weighted by Crippen LogP contribution is -2.52. The lowest BCUT2D eigenvalue weighted by Gasteiger charge is -2.34. The molecule has 1 aromatic rings. The monoisotopic (exact) mass is 293 g/mol. The highest BCUT2D eigenvalue weighted by Crippen LogP contribution is 2.34. The molecule has 1 unspecified atom stereocenters. The fraction of sp³-hybridized carbons (Fsp3) is 0.455. The molecule has 2 rings (SSSR count). The highest BCUT2D eigenvalue weighted by molar-refractivity contribution is 6.31. The number of carbonyl (C=O) groups excluding carboxylic acids is 1. The molecule has 19 heavy (non-hydrogen) atoms. The summed E-state index contributed by atoms with van der Waals surface area (Å²) in [4.78, 5) is 16.0. The molecule has 1 aliphatic rings. The van der Waals surface area contributed by atoms with E-state index < -0.39 is 22.9 Å². The Hall–Kier alpha value is -1.34. The second-order valence-electron chi connectivity index (χ2n) is 4.10. The number of rotatable bonds is 2. The number of halogens is 4. The largest absolute Gasteiger partial charge is 0.434 e. The molecule has 0 aromatic carbocycles. The second kappa shape index (κ2) is 5.34. The molecule has 0 saturated carbocycles. The maximum atomic E-state index is 12.7. The van der Waals surface area contributed by atoms with Gasteiger partial charge in [-0.05, 0) is 12.1 Å². The summed E-state index contributed by atoms with van der Waals surface area (Å²) in [7, 11) is 0. The number of piperazine rings is 1. The molecule has 1 aliphatic heterocycles. The Morgan fingerprint density at radius 1 is 1.47 bits per heavy atom. The van der Waals surface area contributed by atoms with E-state index in [0.29, 0.717) is 25.9 Å². The SMILES string of the molecule is O=CC1CNCCN1c1ccc(Cl)c(C(F)(F)F)n1. The minimum atomic E-state index is -4.61. The number of aromatic nitrogens is 1. The minimum absolute atomic E-state index is 0.107. The van der Waals surface area contributed by atoms with Crippen molar-refractivity contribution >= 4 is 23.7 Å². The molecule has 2 heterocycles. The van der Waals surface area contributed by atoms with Gasteiger partial charge in [-0.2, -0.15) is 13.2 Å². The first-order chi connectivity index (χ1) is 8.93. The summed E-state index contributed by atoms with van der Waals surface area (Å²) in [5.41, 5.74) is -1.13. The predicted molar refractivity (Wildman–Crippen MR) is 64.3 cm³/mol. The first kappa shape index (κ1) is 14.1. The number of nitrogens with one attached hydrogen (secondary N) is 1. The van der Waals surface area contributed by atoms with E-state index in [1.807, 2.05) is 0 Å². The number of pyridine rings is 1. The van der Waals surface area contributed by atoms with Gasteiger partial charge in [0, 0.05) is 19.6 Å². The van der Waals surface area contributed by atoms with Crippen molar-refractivity contribution in [1.29, 1.82) is 0 Å². The quantitative estimate of drug-likeness (QED) is 0.844. The van der Waals surface area contributed by atoms with E-state index in [-0.39, 0.29) is 5.82 Å². The van der Waals surface area contributed by atoms with Crippen LogP contribution in [0.4, 0.5) is 19.0 Å². The van der Waals surface area contributed by atoms with Crippen LogP contribution in [0.2, 0.25) is 5.02 Å². The van der Waals surface area contributed by atoms with Gasteiger partial charge >= 0.3 is 6.18 Å². The third-order valence-electron chi connectivity index (χ3n) is 2.83. The van der Waals surface area contributed by atoms with Gasteiger partial charge in [0.05, 0.1) is 11.1 Å². The summed E-state index contributed by atoms with van der Waals surface area (Å²) < 4.78 is 38.2. The molecule has 1 saturated heterocycles. The Balaban J connectivity index is 2.37. The Morgan fingerprint density at radius 3 is 2.84 bits per heavy atom. The van der Waals surface area contributed by atoms with Crippen LogP contribution in [-0.2, 0) is 11.0 Å². The molecule has 8 heteroatoms. The van der Waals surface area contributed by atoms with Crippen LogP contribution >= 0.6 is 11.6 Å². The Labute approximate surface area is 112 Å². The molecule has 0 aliphatic carbocycles. The molecule has 4 nitrogen and oxygen atoms in total. The molecule has 0 bridgehead atoms. The van der Waals surface area contributed by atoms with E-state index in [1.54, 1.807) is 0 Å². The number of nitrogens with zero attached hydrogens (tertiary/aromatic N) is 2. The van der Waals surface area contributed by atoms with Gasteiger partial charge in [-0.3, -0.25) is 0 Å². The maximum Gasteiger partial charge on any atom is 0.434 e. The topological polar surface area (TPSA) is 45.2 Å². The average molecular weight is 294 g/mol. The Kier molecular flexibility index (Phi) is 3.96. The molecule has 1 fully saturated rings. The molecule has 0 amide bonds. The van der Waals surface area contributed by atoms with E-state index in [2.05, 4.69) is 10.3 Å². The van der Waals surface area contributed by atoms with Crippen LogP contribution < -0.4 is 10.2 Å². The highest BCUT2D eigenvalue weighted by atomic mass is 35.5.